The third kappa shape index (κ3) is 6.90. The van der Waals surface area contributed by atoms with Gasteiger partial charge in [-0.2, -0.15) is 0 Å². The average molecular weight is 358 g/mol. The molecule has 0 radical (unpaired) electrons. The molecule has 1 aromatic rings. The molecule has 0 fully saturated rings. The first kappa shape index (κ1) is 20.0. The highest BCUT2D eigenvalue weighted by Crippen LogP contribution is 2.19. The molecule has 2 rings (SSSR count). The summed E-state index contributed by atoms with van der Waals surface area (Å²) >= 11 is 0. The topological polar surface area (TPSA) is 58.6 Å². The number of nitrogens with zero attached hydrogens (tertiary/aromatic N) is 1. The van der Waals surface area contributed by atoms with Crippen LogP contribution in [-0.4, -0.2) is 43.5 Å². The number of benzene rings is 1. The minimum atomic E-state index is -0.0951. The van der Waals surface area contributed by atoms with E-state index >= 15 is 0 Å². The summed E-state index contributed by atoms with van der Waals surface area (Å²) in [6.45, 7) is 2.78. The summed E-state index contributed by atoms with van der Waals surface area (Å²) < 4.78 is 5.22. The van der Waals surface area contributed by atoms with Gasteiger partial charge in [0.1, 0.15) is 5.75 Å². The summed E-state index contributed by atoms with van der Waals surface area (Å²) in [6.07, 6.45) is 8.73. The van der Waals surface area contributed by atoms with E-state index in [9.17, 15) is 9.59 Å². The standard InChI is InChI=1S/C21H30N2O3/c1-17(24)23(14-12-19-9-6-10-20(15-19)26-2)16-21(25)22-13-11-18-7-4-3-5-8-18/h6-7,9-10,15H,3-5,8,11-14,16H2,1-2H3,(H,22,25). The minimum Gasteiger partial charge on any atom is -0.497 e. The second kappa shape index (κ2) is 10.6. The van der Waals surface area contributed by atoms with Crippen molar-refractivity contribution in [3.8, 4) is 5.75 Å². The van der Waals surface area contributed by atoms with Gasteiger partial charge in [-0.25, -0.2) is 0 Å². The van der Waals surface area contributed by atoms with E-state index in [2.05, 4.69) is 11.4 Å². The van der Waals surface area contributed by atoms with Crippen molar-refractivity contribution in [1.82, 2.24) is 10.2 Å². The summed E-state index contributed by atoms with van der Waals surface area (Å²) in [5.41, 5.74) is 2.53. The maximum atomic E-state index is 12.2. The molecule has 0 saturated heterocycles. The molecule has 0 aromatic heterocycles. The second-order valence-corrected chi connectivity index (χ2v) is 6.75. The molecular weight excluding hydrogens is 328 g/mol. The number of hydrogen-bond donors (Lipinski definition) is 1. The summed E-state index contributed by atoms with van der Waals surface area (Å²) in [7, 11) is 1.63. The molecule has 1 aromatic carbocycles. The lowest BCUT2D eigenvalue weighted by atomic mass is 9.97. The maximum Gasteiger partial charge on any atom is 0.239 e. The highest BCUT2D eigenvalue weighted by Gasteiger charge is 2.14. The lowest BCUT2D eigenvalue weighted by Gasteiger charge is -2.21. The monoisotopic (exact) mass is 358 g/mol. The zero-order valence-corrected chi connectivity index (χ0v) is 15.9. The first-order valence-corrected chi connectivity index (χ1v) is 9.41. The number of ether oxygens (including phenoxy) is 1. The highest BCUT2D eigenvalue weighted by atomic mass is 16.5. The van der Waals surface area contributed by atoms with Crippen LogP contribution in [0.25, 0.3) is 0 Å². The first-order valence-electron chi connectivity index (χ1n) is 9.41. The third-order valence-corrected chi connectivity index (χ3v) is 4.74. The fourth-order valence-electron chi connectivity index (χ4n) is 3.16. The molecule has 1 aliphatic rings. The molecule has 0 saturated carbocycles. The zero-order valence-electron chi connectivity index (χ0n) is 15.9. The molecule has 1 aliphatic carbocycles. The largest absolute Gasteiger partial charge is 0.497 e. The second-order valence-electron chi connectivity index (χ2n) is 6.75. The van der Waals surface area contributed by atoms with E-state index in [0.29, 0.717) is 19.5 Å². The van der Waals surface area contributed by atoms with E-state index in [1.165, 1.54) is 25.3 Å². The molecule has 5 nitrogen and oxygen atoms in total. The number of methoxy groups -OCH3 is 1. The average Bonchev–Trinajstić information content (AvgIpc) is 2.66. The molecule has 142 valence electrons. The van der Waals surface area contributed by atoms with Crippen molar-refractivity contribution < 1.29 is 14.3 Å². The maximum absolute atomic E-state index is 12.2. The number of amides is 2. The molecule has 0 atom stereocenters. The van der Waals surface area contributed by atoms with Gasteiger partial charge in [0.15, 0.2) is 0 Å². The van der Waals surface area contributed by atoms with Crippen molar-refractivity contribution in [3.63, 3.8) is 0 Å². The van der Waals surface area contributed by atoms with E-state index in [-0.39, 0.29) is 18.4 Å². The summed E-state index contributed by atoms with van der Waals surface area (Å²) in [6, 6.07) is 7.77. The number of carbonyl (C=O) groups excluding carboxylic acids is 2. The smallest absolute Gasteiger partial charge is 0.239 e. The molecule has 0 bridgehead atoms. The predicted octanol–water partition coefficient (Wildman–Crippen LogP) is 3.09. The van der Waals surface area contributed by atoms with Crippen LogP contribution in [0.2, 0.25) is 0 Å². The van der Waals surface area contributed by atoms with Crippen LogP contribution >= 0.6 is 0 Å². The SMILES string of the molecule is COc1cccc(CCN(CC(=O)NCCC2=CCCCC2)C(C)=O)c1. The lowest BCUT2D eigenvalue weighted by molar-refractivity contribution is -0.134. The van der Waals surface area contributed by atoms with Gasteiger partial charge in [-0.05, 0) is 56.2 Å². The number of carbonyl (C=O) groups is 2. The Morgan fingerprint density at radius 3 is 2.77 bits per heavy atom. The van der Waals surface area contributed by atoms with E-state index in [4.69, 9.17) is 4.74 Å². The van der Waals surface area contributed by atoms with Crippen molar-refractivity contribution in [2.24, 2.45) is 0 Å². The van der Waals surface area contributed by atoms with Gasteiger partial charge in [0, 0.05) is 20.0 Å². The zero-order chi connectivity index (χ0) is 18.8. The summed E-state index contributed by atoms with van der Waals surface area (Å²) in [4.78, 5) is 25.6. The van der Waals surface area contributed by atoms with Gasteiger partial charge < -0.3 is 15.0 Å². The Labute approximate surface area is 156 Å². The lowest BCUT2D eigenvalue weighted by Crippen LogP contribution is -2.41. The fraction of sp³-hybridized carbons (Fsp3) is 0.524. The highest BCUT2D eigenvalue weighted by molar-refractivity contribution is 5.83. The predicted molar refractivity (Wildman–Crippen MR) is 103 cm³/mol. The van der Waals surface area contributed by atoms with Gasteiger partial charge >= 0.3 is 0 Å². The number of nitrogens with one attached hydrogen (secondary N) is 1. The van der Waals surface area contributed by atoms with Gasteiger partial charge in [-0.15, -0.1) is 0 Å². The van der Waals surface area contributed by atoms with Crippen LogP contribution in [0.3, 0.4) is 0 Å². The van der Waals surface area contributed by atoms with Gasteiger partial charge in [-0.1, -0.05) is 23.8 Å². The van der Waals surface area contributed by atoms with Gasteiger partial charge in [0.05, 0.1) is 13.7 Å². The first-order chi connectivity index (χ1) is 12.6. The van der Waals surface area contributed by atoms with Crippen LogP contribution in [0.15, 0.2) is 35.9 Å². The van der Waals surface area contributed by atoms with Crippen LogP contribution < -0.4 is 10.1 Å². The minimum absolute atomic E-state index is 0.0852. The molecule has 0 spiro atoms. The van der Waals surface area contributed by atoms with Gasteiger partial charge in [0.2, 0.25) is 11.8 Å². The Morgan fingerprint density at radius 2 is 2.08 bits per heavy atom. The molecular formula is C21H30N2O3. The van der Waals surface area contributed by atoms with Crippen molar-refractivity contribution in [2.75, 3.05) is 26.7 Å². The van der Waals surface area contributed by atoms with E-state index in [1.54, 1.807) is 12.0 Å². The number of rotatable bonds is 9. The van der Waals surface area contributed by atoms with Crippen LogP contribution in [0, 0.1) is 0 Å². The van der Waals surface area contributed by atoms with Crippen LogP contribution in [0.1, 0.15) is 44.6 Å². The van der Waals surface area contributed by atoms with E-state index < -0.39 is 0 Å². The Bertz CT molecular complexity index is 640. The quantitative estimate of drug-likeness (QED) is 0.690. The molecule has 0 unspecified atom stereocenters. The third-order valence-electron chi connectivity index (χ3n) is 4.74. The Morgan fingerprint density at radius 1 is 1.23 bits per heavy atom. The molecule has 0 aliphatic heterocycles. The van der Waals surface area contributed by atoms with Crippen molar-refractivity contribution in [3.05, 3.63) is 41.5 Å². The molecule has 5 heteroatoms. The van der Waals surface area contributed by atoms with Crippen molar-refractivity contribution >= 4 is 11.8 Å². The molecule has 2 amide bonds. The fourth-order valence-corrected chi connectivity index (χ4v) is 3.16. The van der Waals surface area contributed by atoms with Gasteiger partial charge in [-0.3, -0.25) is 9.59 Å². The van der Waals surface area contributed by atoms with Crippen LogP contribution in [0.4, 0.5) is 0 Å². The molecule has 26 heavy (non-hydrogen) atoms. The van der Waals surface area contributed by atoms with Crippen LogP contribution in [-0.2, 0) is 16.0 Å². The Balaban J connectivity index is 1.76. The van der Waals surface area contributed by atoms with E-state index in [0.717, 1.165) is 30.6 Å². The van der Waals surface area contributed by atoms with Gasteiger partial charge in [0.25, 0.3) is 0 Å². The number of allylic oxidation sites excluding steroid dienone is 1. The van der Waals surface area contributed by atoms with Crippen LogP contribution in [0.5, 0.6) is 5.75 Å². The normalized spacial score (nSPS) is 13.7. The molecule has 1 N–H and O–H groups in total. The summed E-state index contributed by atoms with van der Waals surface area (Å²) in [5.74, 6) is 0.618. The summed E-state index contributed by atoms with van der Waals surface area (Å²) in [5, 5.41) is 2.94. The number of hydrogen-bond acceptors (Lipinski definition) is 3. The van der Waals surface area contributed by atoms with Crippen molar-refractivity contribution in [2.45, 2.75) is 45.4 Å². The Hall–Kier alpha value is -2.30. The van der Waals surface area contributed by atoms with Crippen molar-refractivity contribution in [1.29, 1.82) is 0 Å². The Kier molecular flexibility index (Phi) is 8.19. The van der Waals surface area contributed by atoms with E-state index in [1.807, 2.05) is 24.3 Å². The molecule has 0 heterocycles.